The minimum Gasteiger partial charge on any atom is -0.313 e. The van der Waals surface area contributed by atoms with E-state index in [-0.39, 0.29) is 0 Å². The third-order valence-corrected chi connectivity index (χ3v) is 4.04. The fourth-order valence-electron chi connectivity index (χ4n) is 2.65. The maximum atomic E-state index is 4.25. The van der Waals surface area contributed by atoms with Crippen molar-refractivity contribution in [1.29, 1.82) is 0 Å². The van der Waals surface area contributed by atoms with Crippen LogP contribution in [0.4, 0.5) is 0 Å². The van der Waals surface area contributed by atoms with Gasteiger partial charge in [-0.05, 0) is 42.7 Å². The average Bonchev–Trinajstić information content (AvgIpc) is 3.21. The molecule has 1 heterocycles. The lowest BCUT2D eigenvalue weighted by Crippen LogP contribution is -2.24. The number of benzene rings is 1. The molecule has 1 aromatic heterocycles. The highest BCUT2D eigenvalue weighted by Gasteiger charge is 2.22. The van der Waals surface area contributed by atoms with E-state index >= 15 is 0 Å². The summed E-state index contributed by atoms with van der Waals surface area (Å²) in [5, 5.41) is 7.93. The first-order valence-corrected chi connectivity index (χ1v) is 7.57. The van der Waals surface area contributed by atoms with E-state index in [4.69, 9.17) is 0 Å². The van der Waals surface area contributed by atoms with E-state index in [2.05, 4.69) is 46.9 Å². The van der Waals surface area contributed by atoms with Crippen molar-refractivity contribution in [3.05, 3.63) is 53.9 Å². The molecule has 0 aliphatic heterocycles. The summed E-state index contributed by atoms with van der Waals surface area (Å²) >= 11 is 0. The second kappa shape index (κ2) is 6.23. The molecule has 20 heavy (non-hydrogen) atoms. The molecular formula is C17H23N3. The second-order valence-corrected chi connectivity index (χ2v) is 5.85. The van der Waals surface area contributed by atoms with E-state index in [0.29, 0.717) is 5.92 Å². The smallest absolute Gasteiger partial charge is 0.0521 e. The molecule has 1 unspecified atom stereocenters. The highest BCUT2D eigenvalue weighted by atomic mass is 15.2. The van der Waals surface area contributed by atoms with E-state index in [1.54, 1.807) is 0 Å². The van der Waals surface area contributed by atoms with Crippen molar-refractivity contribution in [3.8, 4) is 0 Å². The van der Waals surface area contributed by atoms with Crippen LogP contribution in [0.25, 0.3) is 0 Å². The van der Waals surface area contributed by atoms with Gasteiger partial charge in [-0.3, -0.25) is 4.68 Å². The molecule has 1 aliphatic rings. The van der Waals surface area contributed by atoms with Gasteiger partial charge in [0.05, 0.1) is 6.20 Å². The Morgan fingerprint density at radius 1 is 1.30 bits per heavy atom. The van der Waals surface area contributed by atoms with Gasteiger partial charge in [-0.1, -0.05) is 30.3 Å². The maximum absolute atomic E-state index is 4.25. The number of hydrogen-bond donors (Lipinski definition) is 1. The molecule has 1 atom stereocenters. The number of rotatable bonds is 7. The summed E-state index contributed by atoms with van der Waals surface area (Å²) in [4.78, 5) is 0. The normalized spacial score (nSPS) is 16.2. The zero-order valence-corrected chi connectivity index (χ0v) is 12.1. The van der Waals surface area contributed by atoms with Crippen LogP contribution in [0, 0.1) is 0 Å². The van der Waals surface area contributed by atoms with Gasteiger partial charge in [-0.15, -0.1) is 0 Å². The van der Waals surface area contributed by atoms with Crippen molar-refractivity contribution in [1.82, 2.24) is 15.1 Å². The molecule has 0 bridgehead atoms. The van der Waals surface area contributed by atoms with Crippen molar-refractivity contribution in [3.63, 3.8) is 0 Å². The second-order valence-electron chi connectivity index (χ2n) is 5.85. The lowest BCUT2D eigenvalue weighted by atomic mass is 9.93. The van der Waals surface area contributed by atoms with E-state index in [9.17, 15) is 0 Å². The number of aromatic nitrogens is 2. The number of hydrogen-bond acceptors (Lipinski definition) is 2. The largest absolute Gasteiger partial charge is 0.313 e. The first-order valence-electron chi connectivity index (χ1n) is 7.57. The summed E-state index contributed by atoms with van der Waals surface area (Å²) in [6.45, 7) is 1.09. The van der Waals surface area contributed by atoms with E-state index in [1.165, 1.54) is 30.4 Å². The summed E-state index contributed by atoms with van der Waals surface area (Å²) < 4.78 is 1.88. The lowest BCUT2D eigenvalue weighted by Gasteiger charge is -2.18. The van der Waals surface area contributed by atoms with Crippen LogP contribution >= 0.6 is 0 Å². The zero-order valence-electron chi connectivity index (χ0n) is 12.1. The molecule has 3 heteroatoms. The highest BCUT2D eigenvalue weighted by molar-refractivity contribution is 5.20. The minimum atomic E-state index is 0.594. The van der Waals surface area contributed by atoms with Gasteiger partial charge in [0.2, 0.25) is 0 Å². The van der Waals surface area contributed by atoms with Crippen LogP contribution in [-0.2, 0) is 13.5 Å². The lowest BCUT2D eigenvalue weighted by molar-refractivity contribution is 0.548. The molecular weight excluding hydrogens is 246 g/mol. The van der Waals surface area contributed by atoms with Gasteiger partial charge in [0.1, 0.15) is 0 Å². The van der Waals surface area contributed by atoms with Crippen LogP contribution < -0.4 is 5.32 Å². The Bertz CT molecular complexity index is 528. The molecule has 1 saturated carbocycles. The van der Waals surface area contributed by atoms with Gasteiger partial charge in [-0.2, -0.15) is 5.10 Å². The Labute approximate surface area is 121 Å². The molecule has 3 nitrogen and oxygen atoms in total. The Kier molecular flexibility index (Phi) is 4.16. The molecule has 0 spiro atoms. The van der Waals surface area contributed by atoms with Gasteiger partial charge >= 0.3 is 0 Å². The van der Waals surface area contributed by atoms with Gasteiger partial charge in [0, 0.05) is 25.8 Å². The topological polar surface area (TPSA) is 29.9 Å². The SMILES string of the molecule is Cn1cc(CCC(CNC2CC2)c2ccccc2)cn1. The summed E-state index contributed by atoms with van der Waals surface area (Å²) in [5.74, 6) is 0.594. The van der Waals surface area contributed by atoms with E-state index in [0.717, 1.165) is 19.0 Å². The van der Waals surface area contributed by atoms with Crippen LogP contribution in [-0.4, -0.2) is 22.4 Å². The van der Waals surface area contributed by atoms with E-state index in [1.807, 2.05) is 17.9 Å². The van der Waals surface area contributed by atoms with Gasteiger partial charge in [-0.25, -0.2) is 0 Å². The van der Waals surface area contributed by atoms with E-state index < -0.39 is 0 Å². The third kappa shape index (κ3) is 3.70. The van der Waals surface area contributed by atoms with Crippen molar-refractivity contribution < 1.29 is 0 Å². The third-order valence-electron chi connectivity index (χ3n) is 4.04. The monoisotopic (exact) mass is 269 g/mol. The standard InChI is InChI=1S/C17H23N3/c1-20-13-14(11-19-20)7-8-16(12-18-17-9-10-17)15-5-3-2-4-6-15/h2-6,11,13,16-18H,7-10,12H2,1H3. The first-order chi connectivity index (χ1) is 9.81. The molecule has 0 amide bonds. The number of nitrogens with zero attached hydrogens (tertiary/aromatic N) is 2. The van der Waals surface area contributed by atoms with Crippen molar-refractivity contribution >= 4 is 0 Å². The van der Waals surface area contributed by atoms with Crippen molar-refractivity contribution in [2.45, 2.75) is 37.6 Å². The van der Waals surface area contributed by atoms with Crippen LogP contribution in [0.5, 0.6) is 0 Å². The molecule has 1 fully saturated rings. The van der Waals surface area contributed by atoms with Crippen LogP contribution in [0.2, 0.25) is 0 Å². The Morgan fingerprint density at radius 3 is 2.75 bits per heavy atom. The summed E-state index contributed by atoms with van der Waals surface area (Å²) in [6.07, 6.45) is 9.08. The van der Waals surface area contributed by atoms with Gasteiger partial charge in [0.25, 0.3) is 0 Å². The van der Waals surface area contributed by atoms with Gasteiger partial charge < -0.3 is 5.32 Å². The quantitative estimate of drug-likeness (QED) is 0.837. The molecule has 1 aromatic carbocycles. The molecule has 2 aromatic rings. The van der Waals surface area contributed by atoms with Crippen molar-refractivity contribution in [2.24, 2.45) is 7.05 Å². The molecule has 106 valence electrons. The van der Waals surface area contributed by atoms with Crippen LogP contribution in [0.15, 0.2) is 42.7 Å². The van der Waals surface area contributed by atoms with Crippen LogP contribution in [0.1, 0.15) is 36.3 Å². The summed E-state index contributed by atoms with van der Waals surface area (Å²) in [5.41, 5.74) is 2.78. The summed E-state index contributed by atoms with van der Waals surface area (Å²) in [6, 6.07) is 11.7. The number of nitrogens with one attached hydrogen (secondary N) is 1. The van der Waals surface area contributed by atoms with Gasteiger partial charge in [0.15, 0.2) is 0 Å². The fraction of sp³-hybridized carbons (Fsp3) is 0.471. The molecule has 0 saturated heterocycles. The molecule has 3 rings (SSSR count). The molecule has 0 radical (unpaired) electrons. The highest BCUT2D eigenvalue weighted by Crippen LogP contribution is 2.24. The Hall–Kier alpha value is -1.61. The predicted octanol–water partition coefficient (Wildman–Crippen LogP) is 2.89. The average molecular weight is 269 g/mol. The predicted molar refractivity (Wildman–Crippen MR) is 81.7 cm³/mol. The maximum Gasteiger partial charge on any atom is 0.0521 e. The minimum absolute atomic E-state index is 0.594. The Balaban J connectivity index is 1.61. The molecule has 1 aliphatic carbocycles. The number of aryl methyl sites for hydroxylation is 2. The van der Waals surface area contributed by atoms with Crippen LogP contribution in [0.3, 0.4) is 0 Å². The van der Waals surface area contributed by atoms with Crippen molar-refractivity contribution in [2.75, 3.05) is 6.54 Å². The fourth-order valence-corrected chi connectivity index (χ4v) is 2.65. The first kappa shape index (κ1) is 13.4. The zero-order chi connectivity index (χ0) is 13.8. The molecule has 1 N–H and O–H groups in total. The Morgan fingerprint density at radius 2 is 2.10 bits per heavy atom. The summed E-state index contributed by atoms with van der Waals surface area (Å²) in [7, 11) is 1.98.